The molecule has 0 aliphatic heterocycles. The Labute approximate surface area is 43.8 Å². The zero-order chi connectivity index (χ0) is 3.58. The van der Waals surface area contributed by atoms with Crippen LogP contribution in [-0.2, 0) is 6.14 Å². The lowest BCUT2D eigenvalue weighted by Gasteiger charge is -1.29. The lowest BCUT2D eigenvalue weighted by atomic mass is 16.0. The molecule has 5 heavy (non-hydrogen) atoms. The van der Waals surface area contributed by atoms with Gasteiger partial charge in [0, 0.05) is 8.91 Å². The fourth-order valence-corrected chi connectivity index (χ4v) is 0. The van der Waals surface area contributed by atoms with Crippen LogP contribution in [0, 0.1) is 0 Å². The zero-order valence-electron chi connectivity index (χ0n) is 2.28. The molecule has 0 saturated heterocycles. The van der Waals surface area contributed by atoms with Gasteiger partial charge in [0.1, 0.15) is 0 Å². The monoisotopic (exact) mass is 228 g/mol. The van der Waals surface area contributed by atoms with Gasteiger partial charge in [0.05, 0.1) is 0 Å². The Morgan fingerprint density at radius 1 is 1.40 bits per heavy atom. The number of hydrogen-bond acceptors (Lipinski definition) is 2. The maximum Gasteiger partial charge on any atom is 0.409 e. The first-order chi connectivity index (χ1) is 1.73. The molecule has 0 N–H and O–H groups in total. The molecule has 2 nitrogen and oxygen atoms in total. The fourth-order valence-electron chi connectivity index (χ4n) is 0. The highest BCUT2D eigenvalue weighted by Crippen LogP contribution is 2.07. The van der Waals surface area contributed by atoms with E-state index in [2.05, 4.69) is 8.91 Å². The highest BCUT2D eigenvalue weighted by molar-refractivity contribution is 14.2. The maximum atomic E-state index is 8.89. The molecule has 5 heteroatoms. The Hall–Kier alpha value is 1.05. The summed E-state index contributed by atoms with van der Waals surface area (Å²) >= 11 is -3.29. The van der Waals surface area contributed by atoms with Crippen LogP contribution in [0.15, 0.2) is 0 Å². The minimum atomic E-state index is -3.29. The van der Waals surface area contributed by atoms with Crippen molar-refractivity contribution in [3.05, 3.63) is 0 Å². The third-order valence-corrected chi connectivity index (χ3v) is 0. The standard InChI is InChI=1S/ClIO2.H3P/c1-2(3)4;/h;1H3. The summed E-state index contributed by atoms with van der Waals surface area (Å²) in [5.74, 6) is 0. The minimum absolute atomic E-state index is 0. The molecule has 0 aromatic heterocycles. The molecule has 0 aromatic carbocycles. The molecular formula is H3ClIO2P. The molecule has 0 amide bonds. The molecule has 0 bridgehead atoms. The fraction of sp³-hybridized carbons (Fsp3) is 0. The highest BCUT2D eigenvalue weighted by atomic mass is 127. The van der Waals surface area contributed by atoms with Crippen molar-refractivity contribution in [3.8, 4) is 0 Å². The van der Waals surface area contributed by atoms with Crippen LogP contribution >= 0.6 is 37.5 Å². The topological polar surface area (TPSA) is 34.1 Å². The average Bonchev–Trinajstić information content (AvgIpc) is 0.811. The van der Waals surface area contributed by atoms with E-state index in [1.54, 1.807) is 0 Å². The van der Waals surface area contributed by atoms with Crippen molar-refractivity contribution in [1.82, 2.24) is 0 Å². The van der Waals surface area contributed by atoms with Crippen molar-refractivity contribution < 1.29 is 6.14 Å². The van der Waals surface area contributed by atoms with Crippen LogP contribution in [0.25, 0.3) is 0 Å². The SMILES string of the molecule is O=I(=O)Cl.P. The van der Waals surface area contributed by atoms with Gasteiger partial charge >= 0.3 is 18.7 Å². The normalized spacial score (nSPS) is 6.80. The van der Waals surface area contributed by atoms with E-state index in [-0.39, 0.29) is 9.90 Å². The van der Waals surface area contributed by atoms with Crippen LogP contribution in [0.2, 0.25) is 0 Å². The van der Waals surface area contributed by atoms with Gasteiger partial charge in [0.25, 0.3) is 0 Å². The third kappa shape index (κ3) is 42.6. The Bertz CT molecular complexity index is 58.0. The van der Waals surface area contributed by atoms with E-state index in [9.17, 15) is 0 Å². The summed E-state index contributed by atoms with van der Waals surface area (Å²) in [4.78, 5) is 0. The first-order valence-electron chi connectivity index (χ1n) is 0.451. The summed E-state index contributed by atoms with van der Waals surface area (Å²) < 4.78 is 17.8. The summed E-state index contributed by atoms with van der Waals surface area (Å²) in [6.07, 6.45) is 0. The lowest BCUT2D eigenvalue weighted by Crippen LogP contribution is -0.941. The molecule has 0 aliphatic carbocycles. The second-order valence-corrected chi connectivity index (χ2v) is 2.77. The molecule has 0 radical (unpaired) electrons. The predicted molar refractivity (Wildman–Crippen MR) is 32.4 cm³/mol. The Morgan fingerprint density at radius 3 is 1.40 bits per heavy atom. The van der Waals surface area contributed by atoms with Gasteiger partial charge in [-0.15, -0.1) is 0 Å². The molecular weight excluding hydrogens is 225 g/mol. The maximum absolute atomic E-state index is 8.89. The van der Waals surface area contributed by atoms with Crippen LogP contribution in [0.3, 0.4) is 0 Å². The van der Waals surface area contributed by atoms with Crippen molar-refractivity contribution in [3.63, 3.8) is 0 Å². The van der Waals surface area contributed by atoms with Gasteiger partial charge < -0.3 is 0 Å². The molecule has 0 aromatic rings. The van der Waals surface area contributed by atoms with Gasteiger partial charge in [-0.3, -0.25) is 0 Å². The Morgan fingerprint density at radius 2 is 1.40 bits per heavy atom. The van der Waals surface area contributed by atoms with Gasteiger partial charge in [0.15, 0.2) is 0 Å². The summed E-state index contributed by atoms with van der Waals surface area (Å²) in [5, 5.41) is 0. The molecule has 0 fully saturated rings. The molecule has 0 saturated carbocycles. The second kappa shape index (κ2) is 5.05. The first kappa shape index (κ1) is 9.41. The zero-order valence-corrected chi connectivity index (χ0v) is 6.61. The van der Waals surface area contributed by atoms with Crippen LogP contribution in [0.5, 0.6) is 0 Å². The van der Waals surface area contributed by atoms with Crippen LogP contribution in [0.4, 0.5) is 0 Å². The largest absolute Gasteiger partial charge is 0.409 e. The van der Waals surface area contributed by atoms with Crippen molar-refractivity contribution >= 4 is 37.5 Å². The van der Waals surface area contributed by atoms with E-state index in [4.69, 9.17) is 6.14 Å². The number of rotatable bonds is 0. The van der Waals surface area contributed by atoms with E-state index in [0.29, 0.717) is 0 Å². The number of halogens is 2. The molecule has 0 rings (SSSR count). The highest BCUT2D eigenvalue weighted by Gasteiger charge is 1.60. The summed E-state index contributed by atoms with van der Waals surface area (Å²) in [6.45, 7) is 0. The average molecular weight is 228 g/mol. The van der Waals surface area contributed by atoms with Crippen LogP contribution < -0.4 is 0 Å². The molecule has 1 unspecified atom stereocenters. The Balaban J connectivity index is 0. The van der Waals surface area contributed by atoms with Gasteiger partial charge in [0.2, 0.25) is 0 Å². The Kier molecular flexibility index (Phi) is 9.50. The molecule has 34 valence electrons. The summed E-state index contributed by atoms with van der Waals surface area (Å²) in [7, 11) is 4.32. The lowest BCUT2D eigenvalue weighted by molar-refractivity contribution is 0.612. The van der Waals surface area contributed by atoms with E-state index in [0.717, 1.165) is 0 Å². The van der Waals surface area contributed by atoms with Gasteiger partial charge in [-0.05, 0) is 0 Å². The van der Waals surface area contributed by atoms with Crippen molar-refractivity contribution in [2.24, 2.45) is 0 Å². The molecule has 0 aliphatic rings. The van der Waals surface area contributed by atoms with Crippen molar-refractivity contribution in [1.29, 1.82) is 0 Å². The van der Waals surface area contributed by atoms with E-state index in [1.165, 1.54) is 0 Å². The van der Waals surface area contributed by atoms with E-state index >= 15 is 0 Å². The van der Waals surface area contributed by atoms with Gasteiger partial charge in [-0.1, -0.05) is 0 Å². The minimum Gasteiger partial charge on any atom is -0.217 e. The quantitative estimate of drug-likeness (QED) is 0.464. The molecule has 0 heterocycles. The van der Waals surface area contributed by atoms with E-state index in [1.807, 2.05) is 0 Å². The summed E-state index contributed by atoms with van der Waals surface area (Å²) in [5.41, 5.74) is 0. The van der Waals surface area contributed by atoms with Crippen molar-refractivity contribution in [2.75, 3.05) is 0 Å². The molecule has 1 atom stereocenters. The van der Waals surface area contributed by atoms with Crippen molar-refractivity contribution in [2.45, 2.75) is 0 Å². The van der Waals surface area contributed by atoms with E-state index < -0.39 is 18.7 Å². The smallest absolute Gasteiger partial charge is 0.217 e. The molecule has 0 spiro atoms. The van der Waals surface area contributed by atoms with Gasteiger partial charge in [-0.2, -0.15) is 9.90 Å². The predicted octanol–water partition coefficient (Wildman–Crippen LogP) is 1.40. The second-order valence-electron chi connectivity index (χ2n) is 0.180. The van der Waals surface area contributed by atoms with Crippen LogP contribution in [0.1, 0.15) is 0 Å². The summed E-state index contributed by atoms with van der Waals surface area (Å²) in [6, 6.07) is 0. The van der Waals surface area contributed by atoms with Gasteiger partial charge in [-0.25, -0.2) is 6.14 Å². The third-order valence-electron chi connectivity index (χ3n) is 0. The first-order valence-corrected chi connectivity index (χ1v) is 4.95. The van der Waals surface area contributed by atoms with Crippen LogP contribution in [-0.4, -0.2) is 0 Å². The number of hydrogen-bond donors (Lipinski definition) is 0.